The summed E-state index contributed by atoms with van der Waals surface area (Å²) in [5.74, 6) is 0. The number of hydrogen-bond acceptors (Lipinski definition) is 6. The van der Waals surface area contributed by atoms with Crippen LogP contribution in [0.5, 0.6) is 0 Å². The molecule has 0 amide bonds. The fourth-order valence-corrected chi connectivity index (χ4v) is 6.04. The fourth-order valence-electron chi connectivity index (χ4n) is 2.23. The molecular formula is C18H12N2S4. The van der Waals surface area contributed by atoms with Crippen LogP contribution in [-0.4, -0.2) is 9.97 Å². The molecule has 0 spiro atoms. The summed E-state index contributed by atoms with van der Waals surface area (Å²) in [5.41, 5.74) is 2.36. The topological polar surface area (TPSA) is 25.8 Å². The number of pyridine rings is 2. The smallest absolute Gasteiger partial charge is 0.116 e. The molecule has 118 valence electrons. The molecule has 0 unspecified atom stereocenters. The SMILES string of the molecule is c1csc(-c2cccnc2SSc2ncccc2-c2cccs2)c1. The number of nitrogens with zero attached hydrogens (tertiary/aromatic N) is 2. The minimum Gasteiger partial charge on any atom is -0.248 e. The van der Waals surface area contributed by atoms with Crippen molar-refractivity contribution in [2.24, 2.45) is 0 Å². The van der Waals surface area contributed by atoms with Crippen LogP contribution in [0.25, 0.3) is 20.9 Å². The molecule has 0 atom stereocenters. The first-order valence-corrected chi connectivity index (χ1v) is 11.1. The zero-order valence-electron chi connectivity index (χ0n) is 12.5. The van der Waals surface area contributed by atoms with E-state index in [2.05, 4.69) is 57.1 Å². The molecule has 0 aromatic carbocycles. The van der Waals surface area contributed by atoms with Crippen molar-refractivity contribution in [1.29, 1.82) is 0 Å². The van der Waals surface area contributed by atoms with E-state index in [4.69, 9.17) is 0 Å². The lowest BCUT2D eigenvalue weighted by Crippen LogP contribution is -1.85. The number of aromatic nitrogens is 2. The van der Waals surface area contributed by atoms with Gasteiger partial charge in [-0.15, -0.1) is 22.7 Å². The van der Waals surface area contributed by atoms with Gasteiger partial charge in [0.15, 0.2) is 0 Å². The van der Waals surface area contributed by atoms with E-state index in [1.807, 2.05) is 24.5 Å². The molecule has 2 nitrogen and oxygen atoms in total. The highest BCUT2D eigenvalue weighted by atomic mass is 33.1. The van der Waals surface area contributed by atoms with E-state index in [0.29, 0.717) is 0 Å². The van der Waals surface area contributed by atoms with E-state index in [9.17, 15) is 0 Å². The molecule has 4 aromatic rings. The Balaban J connectivity index is 1.61. The van der Waals surface area contributed by atoms with Gasteiger partial charge in [-0.05, 0) is 68.7 Å². The van der Waals surface area contributed by atoms with E-state index < -0.39 is 0 Å². The van der Waals surface area contributed by atoms with Crippen molar-refractivity contribution in [3.05, 3.63) is 71.7 Å². The maximum atomic E-state index is 4.57. The molecule has 24 heavy (non-hydrogen) atoms. The first-order chi connectivity index (χ1) is 11.9. The summed E-state index contributed by atoms with van der Waals surface area (Å²) >= 11 is 3.47. The molecule has 4 aromatic heterocycles. The van der Waals surface area contributed by atoms with Crippen LogP contribution in [0.2, 0.25) is 0 Å². The summed E-state index contributed by atoms with van der Waals surface area (Å²) in [6.45, 7) is 0. The predicted molar refractivity (Wildman–Crippen MR) is 107 cm³/mol. The average Bonchev–Trinajstić information content (AvgIpc) is 3.34. The number of thiophene rings is 2. The lowest BCUT2D eigenvalue weighted by Gasteiger charge is -2.08. The summed E-state index contributed by atoms with van der Waals surface area (Å²) in [5, 5.41) is 6.23. The molecule has 4 heterocycles. The molecule has 0 bridgehead atoms. The predicted octanol–water partition coefficient (Wildman–Crippen LogP) is 6.73. The van der Waals surface area contributed by atoms with E-state index in [1.165, 1.54) is 20.9 Å². The first kappa shape index (κ1) is 15.9. The number of rotatable bonds is 5. The van der Waals surface area contributed by atoms with Crippen LogP contribution in [0.4, 0.5) is 0 Å². The molecular weight excluding hydrogens is 372 g/mol. The van der Waals surface area contributed by atoms with E-state index in [0.717, 1.165) is 10.1 Å². The molecule has 0 fully saturated rings. The van der Waals surface area contributed by atoms with Crippen molar-refractivity contribution in [2.75, 3.05) is 0 Å². The van der Waals surface area contributed by atoms with Crippen molar-refractivity contribution in [1.82, 2.24) is 9.97 Å². The third-order valence-corrected chi connectivity index (χ3v) is 7.37. The second-order valence-electron chi connectivity index (χ2n) is 4.83. The Kier molecular flexibility index (Phi) is 4.99. The maximum absolute atomic E-state index is 4.57. The monoisotopic (exact) mass is 384 g/mol. The van der Waals surface area contributed by atoms with Gasteiger partial charge >= 0.3 is 0 Å². The van der Waals surface area contributed by atoms with Crippen molar-refractivity contribution in [3.63, 3.8) is 0 Å². The van der Waals surface area contributed by atoms with Gasteiger partial charge in [-0.3, -0.25) is 0 Å². The highest BCUT2D eigenvalue weighted by Crippen LogP contribution is 2.44. The Hall–Kier alpha value is -1.60. The second-order valence-corrected chi connectivity index (χ2v) is 8.84. The summed E-state index contributed by atoms with van der Waals surface area (Å²) < 4.78 is 0. The molecule has 6 heteroatoms. The van der Waals surface area contributed by atoms with Crippen LogP contribution in [0.15, 0.2) is 81.7 Å². The van der Waals surface area contributed by atoms with Crippen LogP contribution < -0.4 is 0 Å². The minimum absolute atomic E-state index is 1.02. The molecule has 4 rings (SSSR count). The Bertz CT molecular complexity index is 840. The Morgan fingerprint density at radius 1 is 0.625 bits per heavy atom. The van der Waals surface area contributed by atoms with Gasteiger partial charge < -0.3 is 0 Å². The minimum atomic E-state index is 1.02. The third-order valence-electron chi connectivity index (χ3n) is 3.32. The van der Waals surface area contributed by atoms with Crippen LogP contribution in [0.1, 0.15) is 0 Å². The third kappa shape index (κ3) is 3.42. The molecule has 0 saturated heterocycles. The Morgan fingerprint density at radius 3 is 1.54 bits per heavy atom. The fraction of sp³-hybridized carbons (Fsp3) is 0. The van der Waals surface area contributed by atoms with Crippen molar-refractivity contribution >= 4 is 44.3 Å². The Labute approximate surface area is 156 Å². The lowest BCUT2D eigenvalue weighted by molar-refractivity contribution is 1.14. The van der Waals surface area contributed by atoms with Gasteiger partial charge in [-0.1, -0.05) is 12.1 Å². The van der Waals surface area contributed by atoms with Crippen LogP contribution in [0, 0.1) is 0 Å². The average molecular weight is 385 g/mol. The van der Waals surface area contributed by atoms with Crippen LogP contribution >= 0.6 is 44.3 Å². The summed E-state index contributed by atoms with van der Waals surface area (Å²) in [7, 11) is 3.33. The van der Waals surface area contributed by atoms with Gasteiger partial charge in [0.05, 0.1) is 0 Å². The van der Waals surface area contributed by atoms with Gasteiger partial charge in [0.25, 0.3) is 0 Å². The molecule has 0 aliphatic heterocycles. The largest absolute Gasteiger partial charge is 0.248 e. The second kappa shape index (κ2) is 7.53. The standard InChI is InChI=1S/C18H12N2S4/c1-5-13(15-7-3-11-21-15)17(19-9-1)23-24-18-14(6-2-10-20-18)16-8-4-12-22-16/h1-12H. The highest BCUT2D eigenvalue weighted by molar-refractivity contribution is 8.76. The quantitative estimate of drug-likeness (QED) is 0.356. The molecule has 0 aliphatic carbocycles. The van der Waals surface area contributed by atoms with Crippen LogP contribution in [0.3, 0.4) is 0 Å². The van der Waals surface area contributed by atoms with E-state index in [1.54, 1.807) is 44.3 Å². The highest BCUT2D eigenvalue weighted by Gasteiger charge is 2.12. The molecule has 0 N–H and O–H groups in total. The summed E-state index contributed by atoms with van der Waals surface area (Å²) in [4.78, 5) is 11.6. The van der Waals surface area contributed by atoms with Crippen molar-refractivity contribution < 1.29 is 0 Å². The van der Waals surface area contributed by atoms with Crippen molar-refractivity contribution in [3.8, 4) is 20.9 Å². The maximum Gasteiger partial charge on any atom is 0.116 e. The van der Waals surface area contributed by atoms with E-state index >= 15 is 0 Å². The van der Waals surface area contributed by atoms with Gasteiger partial charge in [0, 0.05) is 33.3 Å². The van der Waals surface area contributed by atoms with Gasteiger partial charge in [0.2, 0.25) is 0 Å². The van der Waals surface area contributed by atoms with Gasteiger partial charge in [-0.2, -0.15) is 0 Å². The normalized spacial score (nSPS) is 10.8. The molecule has 0 radical (unpaired) electrons. The Morgan fingerprint density at radius 2 is 1.12 bits per heavy atom. The first-order valence-electron chi connectivity index (χ1n) is 7.24. The van der Waals surface area contributed by atoms with Gasteiger partial charge in [-0.25, -0.2) is 9.97 Å². The molecule has 0 saturated carbocycles. The van der Waals surface area contributed by atoms with E-state index in [-0.39, 0.29) is 0 Å². The van der Waals surface area contributed by atoms with Gasteiger partial charge in [0.1, 0.15) is 10.1 Å². The zero-order chi connectivity index (χ0) is 16.2. The zero-order valence-corrected chi connectivity index (χ0v) is 15.7. The summed E-state index contributed by atoms with van der Waals surface area (Å²) in [6.07, 6.45) is 3.69. The van der Waals surface area contributed by atoms with Crippen LogP contribution in [-0.2, 0) is 0 Å². The summed E-state index contributed by atoms with van der Waals surface area (Å²) in [6, 6.07) is 16.6. The molecule has 0 aliphatic rings. The number of hydrogen-bond donors (Lipinski definition) is 0. The lowest BCUT2D eigenvalue weighted by atomic mass is 10.2. The van der Waals surface area contributed by atoms with Crippen molar-refractivity contribution in [2.45, 2.75) is 10.1 Å².